The number of benzene rings is 2. The summed E-state index contributed by atoms with van der Waals surface area (Å²) in [6, 6.07) is 17.7. The second-order valence-electron chi connectivity index (χ2n) is 4.69. The Balaban J connectivity index is 1.63. The molecule has 0 aliphatic heterocycles. The van der Waals surface area contributed by atoms with E-state index in [9.17, 15) is 0 Å². The topological polar surface area (TPSA) is 44.5 Å². The maximum absolute atomic E-state index is 5.79. The number of rotatable bonds is 7. The second kappa shape index (κ2) is 7.56. The lowest BCUT2D eigenvalue weighted by molar-refractivity contribution is 0.0571. The molecule has 1 unspecified atom stereocenters. The predicted octanol–water partition coefficient (Wildman–Crippen LogP) is 3.82. The Morgan fingerprint density at radius 3 is 2.35 bits per heavy atom. The van der Waals surface area contributed by atoms with Crippen LogP contribution in [0.25, 0.3) is 0 Å². The molecule has 2 aromatic carbocycles. The lowest BCUT2D eigenvalue weighted by Gasteiger charge is -2.13. The van der Waals surface area contributed by atoms with Crippen LogP contribution in [-0.4, -0.2) is 13.2 Å². The molecule has 0 amide bonds. The lowest BCUT2D eigenvalue weighted by atomic mass is 10.1. The summed E-state index contributed by atoms with van der Waals surface area (Å²) in [7, 11) is 0. The van der Waals surface area contributed by atoms with Gasteiger partial charge in [0.1, 0.15) is 5.75 Å². The fraction of sp³-hybridized carbons (Fsp3) is 0.294. The van der Waals surface area contributed by atoms with Crippen LogP contribution in [0.3, 0.4) is 0 Å². The van der Waals surface area contributed by atoms with E-state index >= 15 is 0 Å². The molecule has 0 spiro atoms. The Kier molecular flexibility index (Phi) is 5.44. The molecule has 106 valence electrons. The highest BCUT2D eigenvalue weighted by Gasteiger charge is 2.04. The van der Waals surface area contributed by atoms with Crippen LogP contribution in [0.15, 0.2) is 54.6 Å². The summed E-state index contributed by atoms with van der Waals surface area (Å²) < 4.78 is 11.4. The molecule has 0 saturated heterocycles. The van der Waals surface area contributed by atoms with E-state index in [1.54, 1.807) is 0 Å². The zero-order chi connectivity index (χ0) is 14.2. The molecule has 2 aromatic rings. The van der Waals surface area contributed by atoms with Crippen LogP contribution in [0.2, 0.25) is 0 Å². The number of hydrogen-bond acceptors (Lipinski definition) is 3. The molecule has 0 heterocycles. The molecule has 0 aromatic heterocycles. The fourth-order valence-corrected chi connectivity index (χ4v) is 1.89. The van der Waals surface area contributed by atoms with E-state index < -0.39 is 0 Å². The van der Waals surface area contributed by atoms with Gasteiger partial charge >= 0.3 is 0 Å². The van der Waals surface area contributed by atoms with Gasteiger partial charge < -0.3 is 15.2 Å². The molecule has 20 heavy (non-hydrogen) atoms. The maximum atomic E-state index is 5.79. The summed E-state index contributed by atoms with van der Waals surface area (Å²) in [5.41, 5.74) is 7.56. The Morgan fingerprint density at radius 1 is 0.950 bits per heavy atom. The lowest BCUT2D eigenvalue weighted by Crippen LogP contribution is -2.06. The molecule has 0 aliphatic rings. The molecule has 1 atom stereocenters. The van der Waals surface area contributed by atoms with E-state index in [0.29, 0.717) is 13.2 Å². The maximum Gasteiger partial charge on any atom is 0.119 e. The third-order valence-electron chi connectivity index (χ3n) is 3.07. The van der Waals surface area contributed by atoms with E-state index in [0.717, 1.165) is 17.9 Å². The first-order valence-electron chi connectivity index (χ1n) is 6.90. The molecule has 3 heteroatoms. The fourth-order valence-electron chi connectivity index (χ4n) is 1.89. The van der Waals surface area contributed by atoms with Crippen molar-refractivity contribution in [3.8, 4) is 5.75 Å². The first kappa shape index (κ1) is 14.4. The molecule has 2 N–H and O–H groups in total. The SMILES string of the molecule is CC(OCCCOc1ccc(N)cc1)c1ccccc1. The molecule has 0 radical (unpaired) electrons. The zero-order valence-electron chi connectivity index (χ0n) is 11.8. The van der Waals surface area contributed by atoms with Crippen LogP contribution in [-0.2, 0) is 4.74 Å². The highest BCUT2D eigenvalue weighted by Crippen LogP contribution is 2.16. The van der Waals surface area contributed by atoms with E-state index in [1.165, 1.54) is 5.56 Å². The van der Waals surface area contributed by atoms with Crippen molar-refractivity contribution in [2.75, 3.05) is 18.9 Å². The first-order chi connectivity index (χ1) is 9.75. The summed E-state index contributed by atoms with van der Waals surface area (Å²) in [5.74, 6) is 0.843. The highest BCUT2D eigenvalue weighted by molar-refractivity contribution is 5.41. The molecule has 2 rings (SSSR count). The van der Waals surface area contributed by atoms with E-state index in [4.69, 9.17) is 15.2 Å². The molecule has 0 bridgehead atoms. The number of nitrogen functional groups attached to an aromatic ring is 1. The predicted molar refractivity (Wildman–Crippen MR) is 81.8 cm³/mol. The van der Waals surface area contributed by atoms with Gasteiger partial charge in [0.05, 0.1) is 19.3 Å². The van der Waals surface area contributed by atoms with Crippen molar-refractivity contribution in [3.05, 3.63) is 60.2 Å². The number of nitrogens with two attached hydrogens (primary N) is 1. The van der Waals surface area contributed by atoms with Gasteiger partial charge in [-0.1, -0.05) is 30.3 Å². The number of ether oxygens (including phenoxy) is 2. The monoisotopic (exact) mass is 271 g/mol. The standard InChI is InChI=1S/C17H21NO2/c1-14(15-6-3-2-4-7-15)19-12-5-13-20-17-10-8-16(18)9-11-17/h2-4,6-11,14H,5,12-13,18H2,1H3. The van der Waals surface area contributed by atoms with Gasteiger partial charge in [-0.15, -0.1) is 0 Å². The largest absolute Gasteiger partial charge is 0.494 e. The normalized spacial score (nSPS) is 12.1. The highest BCUT2D eigenvalue weighted by atomic mass is 16.5. The molecule has 3 nitrogen and oxygen atoms in total. The van der Waals surface area contributed by atoms with Gasteiger partial charge in [0, 0.05) is 12.1 Å². The average Bonchev–Trinajstić information content (AvgIpc) is 2.49. The van der Waals surface area contributed by atoms with Gasteiger partial charge in [-0.25, -0.2) is 0 Å². The number of hydrogen-bond donors (Lipinski definition) is 1. The Bertz CT molecular complexity index is 496. The van der Waals surface area contributed by atoms with Gasteiger partial charge in [-0.05, 0) is 36.8 Å². The van der Waals surface area contributed by atoms with Gasteiger partial charge in [0.2, 0.25) is 0 Å². The van der Waals surface area contributed by atoms with Crippen molar-refractivity contribution in [1.82, 2.24) is 0 Å². The summed E-state index contributed by atoms with van der Waals surface area (Å²) in [4.78, 5) is 0. The van der Waals surface area contributed by atoms with Crippen LogP contribution < -0.4 is 10.5 Å². The quantitative estimate of drug-likeness (QED) is 0.615. The van der Waals surface area contributed by atoms with Crippen LogP contribution in [0.4, 0.5) is 5.69 Å². The van der Waals surface area contributed by atoms with Gasteiger partial charge in [-0.3, -0.25) is 0 Å². The minimum atomic E-state index is 0.118. The van der Waals surface area contributed by atoms with Gasteiger partial charge in [-0.2, -0.15) is 0 Å². The van der Waals surface area contributed by atoms with Crippen molar-refractivity contribution >= 4 is 5.69 Å². The summed E-state index contributed by atoms with van der Waals surface area (Å²) >= 11 is 0. The van der Waals surface area contributed by atoms with Crippen molar-refractivity contribution in [2.45, 2.75) is 19.4 Å². The summed E-state index contributed by atoms with van der Waals surface area (Å²) in [6.45, 7) is 3.40. The third-order valence-corrected chi connectivity index (χ3v) is 3.07. The minimum Gasteiger partial charge on any atom is -0.494 e. The van der Waals surface area contributed by atoms with E-state index in [1.807, 2.05) is 42.5 Å². The summed E-state index contributed by atoms with van der Waals surface area (Å²) in [5, 5.41) is 0. The van der Waals surface area contributed by atoms with E-state index in [-0.39, 0.29) is 6.10 Å². The van der Waals surface area contributed by atoms with Crippen molar-refractivity contribution in [3.63, 3.8) is 0 Å². The Labute approximate surface area is 120 Å². The molecular formula is C17H21NO2. The molecule has 0 fully saturated rings. The Hall–Kier alpha value is -2.00. The van der Waals surface area contributed by atoms with Crippen molar-refractivity contribution in [1.29, 1.82) is 0 Å². The molecular weight excluding hydrogens is 250 g/mol. The second-order valence-corrected chi connectivity index (χ2v) is 4.69. The molecule has 0 aliphatic carbocycles. The summed E-state index contributed by atoms with van der Waals surface area (Å²) in [6.07, 6.45) is 0.981. The minimum absolute atomic E-state index is 0.118. The van der Waals surface area contributed by atoms with Crippen LogP contribution in [0.5, 0.6) is 5.75 Å². The van der Waals surface area contributed by atoms with E-state index in [2.05, 4.69) is 19.1 Å². The smallest absolute Gasteiger partial charge is 0.119 e. The molecule has 0 saturated carbocycles. The Morgan fingerprint density at radius 2 is 1.65 bits per heavy atom. The van der Waals surface area contributed by atoms with Crippen molar-refractivity contribution in [2.24, 2.45) is 0 Å². The van der Waals surface area contributed by atoms with Crippen LogP contribution >= 0.6 is 0 Å². The number of anilines is 1. The van der Waals surface area contributed by atoms with Crippen LogP contribution in [0, 0.1) is 0 Å². The van der Waals surface area contributed by atoms with Gasteiger partial charge in [0.15, 0.2) is 0 Å². The van der Waals surface area contributed by atoms with Gasteiger partial charge in [0.25, 0.3) is 0 Å². The zero-order valence-corrected chi connectivity index (χ0v) is 11.8. The van der Waals surface area contributed by atoms with Crippen molar-refractivity contribution < 1.29 is 9.47 Å². The third kappa shape index (κ3) is 4.59. The van der Waals surface area contributed by atoms with Crippen LogP contribution in [0.1, 0.15) is 25.0 Å². The first-order valence-corrected chi connectivity index (χ1v) is 6.90. The average molecular weight is 271 g/mol.